The Balaban J connectivity index is 2.19. The summed E-state index contributed by atoms with van der Waals surface area (Å²) in [5.41, 5.74) is 0.121. The lowest BCUT2D eigenvalue weighted by Gasteiger charge is -2.19. The van der Waals surface area contributed by atoms with E-state index in [1.807, 2.05) is 18.2 Å². The van der Waals surface area contributed by atoms with Crippen molar-refractivity contribution >= 4 is 0 Å². The van der Waals surface area contributed by atoms with Crippen LogP contribution in [-0.2, 0) is 11.6 Å². The highest BCUT2D eigenvalue weighted by molar-refractivity contribution is 5.36. The molecule has 1 aromatic carbocycles. The molecule has 2 nitrogen and oxygen atoms in total. The number of benzene rings is 1. The van der Waals surface area contributed by atoms with E-state index >= 15 is 0 Å². The first-order chi connectivity index (χ1) is 9.66. The zero-order valence-electron chi connectivity index (χ0n) is 12.0. The molecule has 2 rings (SSSR count). The van der Waals surface area contributed by atoms with Crippen molar-refractivity contribution in [2.75, 3.05) is 0 Å². The van der Waals surface area contributed by atoms with Gasteiger partial charge in [-0.3, -0.25) is 0 Å². The average Bonchev–Trinajstić information content (AvgIpc) is 2.37. The SMILES string of the molecule is CC(C)(C)c1cccc(Oc2ccc(C(F)(F)F)nc2)c1. The third-order valence-corrected chi connectivity index (χ3v) is 2.96. The fourth-order valence-corrected chi connectivity index (χ4v) is 1.77. The van der Waals surface area contributed by atoms with Gasteiger partial charge in [-0.25, -0.2) is 4.98 Å². The highest BCUT2D eigenvalue weighted by atomic mass is 19.4. The summed E-state index contributed by atoms with van der Waals surface area (Å²) in [5, 5.41) is 0. The minimum atomic E-state index is -4.44. The second kappa shape index (κ2) is 5.39. The van der Waals surface area contributed by atoms with Crippen LogP contribution >= 0.6 is 0 Å². The van der Waals surface area contributed by atoms with Crippen LogP contribution in [0, 0.1) is 0 Å². The van der Waals surface area contributed by atoms with Gasteiger partial charge in [-0.05, 0) is 35.2 Å². The first kappa shape index (κ1) is 15.4. The van der Waals surface area contributed by atoms with Crippen molar-refractivity contribution in [3.63, 3.8) is 0 Å². The Morgan fingerprint density at radius 3 is 2.19 bits per heavy atom. The van der Waals surface area contributed by atoms with Crippen LogP contribution in [0.1, 0.15) is 32.0 Å². The summed E-state index contributed by atoms with van der Waals surface area (Å²) in [6, 6.07) is 9.64. The van der Waals surface area contributed by atoms with E-state index in [0.717, 1.165) is 17.8 Å². The molecule has 0 amide bonds. The van der Waals surface area contributed by atoms with Crippen molar-refractivity contribution in [1.82, 2.24) is 4.98 Å². The van der Waals surface area contributed by atoms with Crippen LogP contribution in [0.15, 0.2) is 42.6 Å². The highest BCUT2D eigenvalue weighted by Gasteiger charge is 2.32. The average molecular weight is 295 g/mol. The first-order valence-corrected chi connectivity index (χ1v) is 6.48. The lowest BCUT2D eigenvalue weighted by Crippen LogP contribution is -2.10. The van der Waals surface area contributed by atoms with Crippen LogP contribution in [0.4, 0.5) is 13.2 Å². The minimum Gasteiger partial charge on any atom is -0.456 e. The van der Waals surface area contributed by atoms with Crippen LogP contribution in [0.5, 0.6) is 11.5 Å². The molecule has 0 radical (unpaired) electrons. The molecular weight excluding hydrogens is 279 g/mol. The number of hydrogen-bond acceptors (Lipinski definition) is 2. The molecule has 112 valence electrons. The maximum atomic E-state index is 12.4. The van der Waals surface area contributed by atoms with Gasteiger partial charge < -0.3 is 4.74 Å². The number of rotatable bonds is 2. The molecule has 0 unspecified atom stereocenters. The molecule has 0 saturated carbocycles. The lowest BCUT2D eigenvalue weighted by molar-refractivity contribution is -0.141. The summed E-state index contributed by atoms with van der Waals surface area (Å²) < 4.78 is 42.8. The number of aromatic nitrogens is 1. The van der Waals surface area contributed by atoms with Crippen LogP contribution in [0.25, 0.3) is 0 Å². The lowest BCUT2D eigenvalue weighted by atomic mass is 9.87. The number of nitrogens with zero attached hydrogens (tertiary/aromatic N) is 1. The van der Waals surface area contributed by atoms with Gasteiger partial charge in [-0.15, -0.1) is 0 Å². The van der Waals surface area contributed by atoms with Crippen molar-refractivity contribution in [1.29, 1.82) is 0 Å². The van der Waals surface area contributed by atoms with Gasteiger partial charge in [0.05, 0.1) is 6.20 Å². The number of ether oxygens (including phenoxy) is 1. The largest absolute Gasteiger partial charge is 0.456 e. The molecule has 0 fully saturated rings. The third-order valence-electron chi connectivity index (χ3n) is 2.96. The molecule has 0 aliphatic carbocycles. The van der Waals surface area contributed by atoms with Crippen molar-refractivity contribution in [3.05, 3.63) is 53.9 Å². The maximum absolute atomic E-state index is 12.4. The van der Waals surface area contributed by atoms with Crippen molar-refractivity contribution in [3.8, 4) is 11.5 Å². The van der Waals surface area contributed by atoms with E-state index in [1.54, 1.807) is 6.07 Å². The van der Waals surface area contributed by atoms with E-state index in [-0.39, 0.29) is 11.2 Å². The van der Waals surface area contributed by atoms with Gasteiger partial charge in [0.15, 0.2) is 0 Å². The smallest absolute Gasteiger partial charge is 0.433 e. The van der Waals surface area contributed by atoms with Gasteiger partial charge in [0.2, 0.25) is 0 Å². The Morgan fingerprint density at radius 2 is 1.67 bits per heavy atom. The van der Waals surface area contributed by atoms with Crippen LogP contribution in [0.2, 0.25) is 0 Å². The standard InChI is InChI=1S/C16H16F3NO/c1-15(2,3)11-5-4-6-12(9-11)21-13-7-8-14(20-10-13)16(17,18)19/h4-10H,1-3H3. The van der Waals surface area contributed by atoms with E-state index in [2.05, 4.69) is 25.8 Å². The topological polar surface area (TPSA) is 22.1 Å². The molecule has 0 spiro atoms. The molecule has 0 aliphatic heterocycles. The van der Waals surface area contributed by atoms with E-state index in [1.165, 1.54) is 6.07 Å². The normalized spacial score (nSPS) is 12.3. The Morgan fingerprint density at radius 1 is 0.952 bits per heavy atom. The van der Waals surface area contributed by atoms with E-state index in [9.17, 15) is 13.2 Å². The summed E-state index contributed by atoms with van der Waals surface area (Å²) in [7, 11) is 0. The monoisotopic (exact) mass is 295 g/mol. The zero-order valence-corrected chi connectivity index (χ0v) is 12.0. The summed E-state index contributed by atoms with van der Waals surface area (Å²) >= 11 is 0. The molecule has 5 heteroatoms. The Hall–Kier alpha value is -2.04. The highest BCUT2D eigenvalue weighted by Crippen LogP contribution is 2.31. The van der Waals surface area contributed by atoms with Gasteiger partial charge in [0, 0.05) is 0 Å². The second-order valence-corrected chi connectivity index (χ2v) is 5.76. The van der Waals surface area contributed by atoms with Crippen LogP contribution in [0.3, 0.4) is 0 Å². The van der Waals surface area contributed by atoms with E-state index in [0.29, 0.717) is 5.75 Å². The van der Waals surface area contributed by atoms with Crippen LogP contribution in [-0.4, -0.2) is 4.98 Å². The summed E-state index contributed by atoms with van der Waals surface area (Å²) in [6.45, 7) is 6.23. The number of pyridine rings is 1. The van der Waals surface area contributed by atoms with Crippen molar-refractivity contribution in [2.45, 2.75) is 32.4 Å². The van der Waals surface area contributed by atoms with Gasteiger partial charge in [0.1, 0.15) is 17.2 Å². The third kappa shape index (κ3) is 3.97. The van der Waals surface area contributed by atoms with Crippen LogP contribution < -0.4 is 4.74 Å². The number of alkyl halides is 3. The predicted octanol–water partition coefficient (Wildman–Crippen LogP) is 5.19. The fourth-order valence-electron chi connectivity index (χ4n) is 1.77. The zero-order chi connectivity index (χ0) is 15.7. The maximum Gasteiger partial charge on any atom is 0.433 e. The Labute approximate surface area is 121 Å². The van der Waals surface area contributed by atoms with Crippen molar-refractivity contribution < 1.29 is 17.9 Å². The van der Waals surface area contributed by atoms with Gasteiger partial charge in [-0.1, -0.05) is 32.9 Å². The molecule has 0 aliphatic rings. The summed E-state index contributed by atoms with van der Waals surface area (Å²) in [6.07, 6.45) is -3.36. The molecule has 0 bridgehead atoms. The molecule has 2 aromatic rings. The molecular formula is C16H16F3NO. The first-order valence-electron chi connectivity index (χ1n) is 6.48. The van der Waals surface area contributed by atoms with Gasteiger partial charge >= 0.3 is 6.18 Å². The number of halogens is 3. The molecule has 0 atom stereocenters. The predicted molar refractivity (Wildman–Crippen MR) is 74.5 cm³/mol. The van der Waals surface area contributed by atoms with E-state index in [4.69, 9.17) is 4.74 Å². The minimum absolute atomic E-state index is 0.0300. The van der Waals surface area contributed by atoms with Gasteiger partial charge in [0.25, 0.3) is 0 Å². The molecule has 0 N–H and O–H groups in total. The molecule has 0 saturated heterocycles. The fraction of sp³-hybridized carbons (Fsp3) is 0.312. The number of hydrogen-bond donors (Lipinski definition) is 0. The Bertz CT molecular complexity index is 613. The molecule has 21 heavy (non-hydrogen) atoms. The summed E-state index contributed by atoms with van der Waals surface area (Å²) in [5.74, 6) is 0.845. The second-order valence-electron chi connectivity index (χ2n) is 5.76. The summed E-state index contributed by atoms with van der Waals surface area (Å²) in [4.78, 5) is 3.37. The van der Waals surface area contributed by atoms with Gasteiger partial charge in [-0.2, -0.15) is 13.2 Å². The Kier molecular flexibility index (Phi) is 3.94. The van der Waals surface area contributed by atoms with E-state index < -0.39 is 11.9 Å². The van der Waals surface area contributed by atoms with Crippen molar-refractivity contribution in [2.24, 2.45) is 0 Å². The molecule has 1 heterocycles. The quantitative estimate of drug-likeness (QED) is 0.760. The molecule has 1 aromatic heterocycles.